The van der Waals surface area contributed by atoms with Crippen molar-refractivity contribution in [3.05, 3.63) is 48.0 Å². The van der Waals surface area contributed by atoms with E-state index in [-0.39, 0.29) is 0 Å². The number of halogens is 3. The summed E-state index contributed by atoms with van der Waals surface area (Å²) in [6, 6.07) is 11.4. The van der Waals surface area contributed by atoms with Gasteiger partial charge in [-0.2, -0.15) is 13.2 Å². The predicted molar refractivity (Wildman–Crippen MR) is 96.8 cm³/mol. The maximum absolute atomic E-state index is 12.9. The fraction of sp³-hybridized carbons (Fsp3) is 0.350. The zero-order chi connectivity index (χ0) is 19.9. The zero-order valence-electron chi connectivity index (χ0n) is 15.1. The van der Waals surface area contributed by atoms with E-state index in [9.17, 15) is 18.0 Å². The van der Waals surface area contributed by atoms with E-state index in [0.717, 1.165) is 5.56 Å². The smallest absolute Gasteiger partial charge is 0.471 e. The van der Waals surface area contributed by atoms with Crippen LogP contribution in [0.5, 0.6) is 17.2 Å². The van der Waals surface area contributed by atoms with Crippen LogP contribution in [0.3, 0.4) is 0 Å². The molecule has 5 nitrogen and oxygen atoms in total. The summed E-state index contributed by atoms with van der Waals surface area (Å²) in [6.45, 7) is 0.605. The van der Waals surface area contributed by atoms with Gasteiger partial charge >= 0.3 is 12.1 Å². The molecule has 2 aliphatic rings. The van der Waals surface area contributed by atoms with Crippen molar-refractivity contribution in [1.82, 2.24) is 5.32 Å². The average molecular weight is 392 g/mol. The number of ether oxygens (including phenoxy) is 2. The molecule has 2 aromatic rings. The molecule has 0 radical (unpaired) electrons. The molecule has 2 heterocycles. The van der Waals surface area contributed by atoms with Gasteiger partial charge in [0.25, 0.3) is 0 Å². The van der Waals surface area contributed by atoms with Crippen molar-refractivity contribution in [2.45, 2.75) is 31.1 Å². The Morgan fingerprint density at radius 2 is 1.93 bits per heavy atom. The quantitative estimate of drug-likeness (QED) is 0.833. The van der Waals surface area contributed by atoms with Gasteiger partial charge in [0.1, 0.15) is 17.2 Å². The van der Waals surface area contributed by atoms with Crippen molar-refractivity contribution in [3.8, 4) is 17.2 Å². The molecule has 2 aliphatic heterocycles. The number of nitrogens with zero attached hydrogens (tertiary/aromatic N) is 1. The third-order valence-corrected chi connectivity index (χ3v) is 5.13. The third-order valence-electron chi connectivity index (χ3n) is 5.13. The van der Waals surface area contributed by atoms with E-state index in [2.05, 4.69) is 5.32 Å². The lowest BCUT2D eigenvalue weighted by Gasteiger charge is -2.42. The Morgan fingerprint density at radius 3 is 2.68 bits per heavy atom. The van der Waals surface area contributed by atoms with Crippen molar-refractivity contribution in [1.29, 1.82) is 0 Å². The minimum Gasteiger partial charge on any atom is -0.494 e. The number of para-hydroxylation sites is 2. The highest BCUT2D eigenvalue weighted by Crippen LogP contribution is 2.51. The van der Waals surface area contributed by atoms with Gasteiger partial charge in [-0.15, -0.1) is 0 Å². The van der Waals surface area contributed by atoms with E-state index in [0.29, 0.717) is 42.3 Å². The monoisotopic (exact) mass is 392 g/mol. The number of carbonyl (C=O) groups is 1. The summed E-state index contributed by atoms with van der Waals surface area (Å²) >= 11 is 0. The van der Waals surface area contributed by atoms with Crippen LogP contribution in [0.2, 0.25) is 0 Å². The van der Waals surface area contributed by atoms with Crippen LogP contribution in [-0.4, -0.2) is 31.8 Å². The summed E-state index contributed by atoms with van der Waals surface area (Å²) in [4.78, 5) is 13.6. The summed E-state index contributed by atoms with van der Waals surface area (Å²) in [5.41, 5.74) is 1.41. The van der Waals surface area contributed by atoms with E-state index in [1.165, 1.54) is 7.11 Å². The Bertz CT molecular complexity index is 901. The molecule has 4 rings (SSSR count). The van der Waals surface area contributed by atoms with Crippen LogP contribution in [0, 0.1) is 0 Å². The number of benzene rings is 2. The Hall–Kier alpha value is -2.90. The van der Waals surface area contributed by atoms with Gasteiger partial charge in [-0.1, -0.05) is 24.3 Å². The second-order valence-electron chi connectivity index (χ2n) is 6.81. The van der Waals surface area contributed by atoms with Crippen molar-refractivity contribution in [2.75, 3.05) is 18.6 Å². The molecule has 0 spiro atoms. The van der Waals surface area contributed by atoms with Crippen molar-refractivity contribution in [2.24, 2.45) is 0 Å². The molecule has 1 amide bonds. The normalized spacial score (nSPS) is 20.8. The number of carbonyl (C=O) groups excluding carboxylic acids is 1. The van der Waals surface area contributed by atoms with E-state index >= 15 is 0 Å². The first-order valence-electron chi connectivity index (χ1n) is 8.98. The molecular weight excluding hydrogens is 373 g/mol. The number of piperidine rings is 1. The molecular formula is C20H19F3N2O3. The van der Waals surface area contributed by atoms with Gasteiger partial charge in [-0.25, -0.2) is 0 Å². The van der Waals surface area contributed by atoms with Gasteiger partial charge in [0, 0.05) is 12.1 Å². The molecule has 1 N–H and O–H groups in total. The lowest BCUT2D eigenvalue weighted by atomic mass is 9.89. The Morgan fingerprint density at radius 1 is 1.18 bits per heavy atom. The van der Waals surface area contributed by atoms with Gasteiger partial charge < -0.3 is 19.7 Å². The molecule has 0 aliphatic carbocycles. The molecule has 0 bridgehead atoms. The van der Waals surface area contributed by atoms with Crippen LogP contribution in [-0.2, 0) is 4.79 Å². The van der Waals surface area contributed by atoms with Crippen LogP contribution in [0.25, 0.3) is 0 Å². The highest BCUT2D eigenvalue weighted by Gasteiger charge is 2.44. The molecule has 1 saturated heterocycles. The summed E-state index contributed by atoms with van der Waals surface area (Å²) < 4.78 is 50.3. The first-order chi connectivity index (χ1) is 13.4. The second kappa shape index (κ2) is 6.92. The molecule has 1 fully saturated rings. The number of rotatable bonds is 2. The minimum absolute atomic E-state index is 0.432. The fourth-order valence-corrected chi connectivity index (χ4v) is 4.00. The molecule has 0 aromatic heterocycles. The second-order valence-corrected chi connectivity index (χ2v) is 6.81. The van der Waals surface area contributed by atoms with Crippen molar-refractivity contribution < 1.29 is 27.4 Å². The Kier molecular flexibility index (Phi) is 4.56. The third kappa shape index (κ3) is 3.12. The number of methoxy groups -OCH3 is 1. The fourth-order valence-electron chi connectivity index (χ4n) is 4.00. The molecule has 2 aromatic carbocycles. The SMILES string of the molecule is COc1cccc2c1N1CCC[C@H](NC(=O)C(F)(F)F)[C@@H]1c1ccccc1O2. The van der Waals surface area contributed by atoms with Gasteiger partial charge in [0.05, 0.1) is 19.2 Å². The van der Waals surface area contributed by atoms with E-state index in [4.69, 9.17) is 9.47 Å². The van der Waals surface area contributed by atoms with Gasteiger partial charge in [-0.05, 0) is 31.0 Å². The number of amides is 1. The van der Waals surface area contributed by atoms with Gasteiger partial charge in [0.15, 0.2) is 5.75 Å². The molecule has 8 heteroatoms. The summed E-state index contributed by atoms with van der Waals surface area (Å²) in [5.74, 6) is -0.241. The Balaban J connectivity index is 1.84. The van der Waals surface area contributed by atoms with Gasteiger partial charge in [-0.3, -0.25) is 4.79 Å². The topological polar surface area (TPSA) is 50.8 Å². The average Bonchev–Trinajstić information content (AvgIpc) is 2.82. The highest BCUT2D eigenvalue weighted by molar-refractivity contribution is 5.82. The summed E-state index contributed by atoms with van der Waals surface area (Å²) in [5, 5.41) is 2.19. The molecule has 0 saturated carbocycles. The maximum Gasteiger partial charge on any atom is 0.471 e. The van der Waals surface area contributed by atoms with E-state index < -0.39 is 24.2 Å². The molecule has 0 unspecified atom stereocenters. The predicted octanol–water partition coefficient (Wildman–Crippen LogP) is 4.19. The highest BCUT2D eigenvalue weighted by atomic mass is 19.4. The number of hydrogen-bond acceptors (Lipinski definition) is 4. The zero-order valence-corrected chi connectivity index (χ0v) is 15.1. The first-order valence-corrected chi connectivity index (χ1v) is 8.98. The van der Waals surface area contributed by atoms with E-state index in [1.807, 2.05) is 17.0 Å². The number of hydrogen-bond donors (Lipinski definition) is 1. The largest absolute Gasteiger partial charge is 0.494 e. The van der Waals surface area contributed by atoms with Crippen LogP contribution in [0.4, 0.5) is 18.9 Å². The summed E-state index contributed by atoms with van der Waals surface area (Å²) in [7, 11) is 1.54. The molecule has 2 atom stereocenters. The minimum atomic E-state index is -4.93. The maximum atomic E-state index is 12.9. The van der Waals surface area contributed by atoms with Crippen LogP contribution >= 0.6 is 0 Å². The molecule has 28 heavy (non-hydrogen) atoms. The van der Waals surface area contributed by atoms with Crippen molar-refractivity contribution >= 4 is 11.6 Å². The van der Waals surface area contributed by atoms with E-state index in [1.54, 1.807) is 30.3 Å². The number of alkyl halides is 3. The number of anilines is 1. The number of fused-ring (bicyclic) bond motifs is 5. The van der Waals surface area contributed by atoms with Gasteiger partial charge in [0.2, 0.25) is 0 Å². The molecule has 148 valence electrons. The lowest BCUT2D eigenvalue weighted by Crippen LogP contribution is -2.52. The lowest BCUT2D eigenvalue weighted by molar-refractivity contribution is -0.174. The van der Waals surface area contributed by atoms with Crippen molar-refractivity contribution in [3.63, 3.8) is 0 Å². The standard InChI is InChI=1S/C20H19F3N2O3/c1-27-15-9-4-10-16-18(15)25-11-5-7-13(24-19(26)20(21,22)23)17(25)12-6-2-3-8-14(12)28-16/h2-4,6,8-10,13,17H,5,7,11H2,1H3,(H,24,26)/t13-,17-/m0/s1. The van der Waals surface area contributed by atoms with Crippen LogP contribution in [0.15, 0.2) is 42.5 Å². The summed E-state index contributed by atoms with van der Waals surface area (Å²) in [6.07, 6.45) is -3.88. The Labute approximate surface area is 160 Å². The number of nitrogens with one attached hydrogen (secondary N) is 1. The van der Waals surface area contributed by atoms with Crippen LogP contribution < -0.4 is 19.7 Å². The van der Waals surface area contributed by atoms with Crippen LogP contribution in [0.1, 0.15) is 24.4 Å². The first kappa shape index (κ1) is 18.5.